The molecular formula is C12H11BrN2O. The minimum atomic E-state index is -0.0945. The standard InChI is InChI=1S/C12H11BrN2O/c1-8-4-5-10-9(7-8)12(16)15-11(14-10)3-2-6-13/h2-5,7H,6H2,1H3,(H,14,15,16). The summed E-state index contributed by atoms with van der Waals surface area (Å²) in [6.07, 6.45) is 3.67. The number of fused-ring (bicyclic) bond motifs is 1. The molecule has 0 bridgehead atoms. The number of aryl methyl sites for hydroxylation is 1. The maximum Gasteiger partial charge on any atom is 0.259 e. The lowest BCUT2D eigenvalue weighted by molar-refractivity contribution is 1.14. The van der Waals surface area contributed by atoms with E-state index in [-0.39, 0.29) is 5.56 Å². The van der Waals surface area contributed by atoms with E-state index in [1.807, 2.05) is 31.2 Å². The Morgan fingerprint density at radius 1 is 1.50 bits per heavy atom. The molecule has 4 heteroatoms. The van der Waals surface area contributed by atoms with Crippen LogP contribution in [0.1, 0.15) is 11.4 Å². The third kappa shape index (κ3) is 2.22. The first-order valence-electron chi connectivity index (χ1n) is 4.94. The second-order valence-electron chi connectivity index (χ2n) is 3.53. The number of hydrogen-bond acceptors (Lipinski definition) is 2. The molecule has 0 spiro atoms. The third-order valence-corrected chi connectivity index (χ3v) is 2.62. The maximum atomic E-state index is 11.8. The topological polar surface area (TPSA) is 45.8 Å². The Morgan fingerprint density at radius 3 is 3.06 bits per heavy atom. The highest BCUT2D eigenvalue weighted by molar-refractivity contribution is 9.09. The van der Waals surface area contributed by atoms with E-state index >= 15 is 0 Å². The molecule has 1 aromatic carbocycles. The van der Waals surface area contributed by atoms with E-state index in [1.54, 1.807) is 6.08 Å². The van der Waals surface area contributed by atoms with Gasteiger partial charge < -0.3 is 4.98 Å². The van der Waals surface area contributed by atoms with Gasteiger partial charge in [-0.25, -0.2) is 4.98 Å². The SMILES string of the molecule is Cc1ccc2nc(C=CCBr)[nH]c(=O)c2c1. The second-order valence-corrected chi connectivity index (χ2v) is 4.18. The van der Waals surface area contributed by atoms with E-state index in [1.165, 1.54) is 0 Å². The molecule has 0 aliphatic heterocycles. The van der Waals surface area contributed by atoms with E-state index in [4.69, 9.17) is 0 Å². The van der Waals surface area contributed by atoms with Gasteiger partial charge in [-0.1, -0.05) is 33.6 Å². The molecule has 0 amide bonds. The second kappa shape index (κ2) is 4.61. The summed E-state index contributed by atoms with van der Waals surface area (Å²) in [6.45, 7) is 1.96. The predicted octanol–water partition coefficient (Wildman–Crippen LogP) is 2.64. The van der Waals surface area contributed by atoms with Gasteiger partial charge in [0.15, 0.2) is 0 Å². The lowest BCUT2D eigenvalue weighted by Gasteiger charge is -1.99. The fourth-order valence-electron chi connectivity index (χ4n) is 1.51. The number of rotatable bonds is 2. The molecule has 0 atom stereocenters. The minimum absolute atomic E-state index is 0.0945. The Hall–Kier alpha value is -1.42. The van der Waals surface area contributed by atoms with E-state index in [9.17, 15) is 4.79 Å². The van der Waals surface area contributed by atoms with Gasteiger partial charge in [0.2, 0.25) is 0 Å². The highest BCUT2D eigenvalue weighted by Crippen LogP contribution is 2.09. The van der Waals surface area contributed by atoms with E-state index < -0.39 is 0 Å². The van der Waals surface area contributed by atoms with Gasteiger partial charge in [0.05, 0.1) is 10.9 Å². The largest absolute Gasteiger partial charge is 0.306 e. The lowest BCUT2D eigenvalue weighted by Crippen LogP contribution is -2.09. The molecule has 1 heterocycles. The molecule has 0 aliphatic carbocycles. The van der Waals surface area contributed by atoms with Gasteiger partial charge in [-0.2, -0.15) is 0 Å². The van der Waals surface area contributed by atoms with Crippen LogP contribution in [0.25, 0.3) is 17.0 Å². The van der Waals surface area contributed by atoms with Crippen molar-refractivity contribution in [2.45, 2.75) is 6.92 Å². The molecule has 1 N–H and O–H groups in total. The first-order valence-corrected chi connectivity index (χ1v) is 6.06. The number of benzene rings is 1. The first kappa shape index (κ1) is 11.1. The predicted molar refractivity (Wildman–Crippen MR) is 69.9 cm³/mol. The molecule has 16 heavy (non-hydrogen) atoms. The Bertz CT molecular complexity index is 601. The zero-order valence-electron chi connectivity index (χ0n) is 8.83. The Balaban J connectivity index is 2.64. The van der Waals surface area contributed by atoms with Gasteiger partial charge >= 0.3 is 0 Å². The van der Waals surface area contributed by atoms with Crippen LogP contribution in [0.2, 0.25) is 0 Å². The number of nitrogens with one attached hydrogen (secondary N) is 1. The number of allylic oxidation sites excluding steroid dienone is 1. The number of nitrogens with zero attached hydrogens (tertiary/aromatic N) is 1. The van der Waals surface area contributed by atoms with E-state index in [0.29, 0.717) is 11.2 Å². The summed E-state index contributed by atoms with van der Waals surface area (Å²) in [6, 6.07) is 5.66. The van der Waals surface area contributed by atoms with Crippen molar-refractivity contribution in [3.8, 4) is 0 Å². The van der Waals surface area contributed by atoms with Crippen LogP contribution < -0.4 is 5.56 Å². The fraction of sp³-hybridized carbons (Fsp3) is 0.167. The smallest absolute Gasteiger partial charge is 0.259 e. The van der Waals surface area contributed by atoms with Crippen molar-refractivity contribution >= 4 is 32.9 Å². The Kier molecular flexibility index (Phi) is 3.19. The van der Waals surface area contributed by atoms with Crippen molar-refractivity contribution in [1.82, 2.24) is 9.97 Å². The molecule has 1 aromatic heterocycles. The summed E-state index contributed by atoms with van der Waals surface area (Å²) in [5.41, 5.74) is 1.69. The Morgan fingerprint density at radius 2 is 2.31 bits per heavy atom. The average Bonchev–Trinajstić information content (AvgIpc) is 2.27. The first-order chi connectivity index (χ1) is 7.70. The van der Waals surface area contributed by atoms with Crippen LogP contribution in [0, 0.1) is 6.92 Å². The van der Waals surface area contributed by atoms with Crippen LogP contribution in [0.4, 0.5) is 0 Å². The summed E-state index contributed by atoms with van der Waals surface area (Å²) in [5.74, 6) is 0.584. The summed E-state index contributed by atoms with van der Waals surface area (Å²) in [7, 11) is 0. The van der Waals surface area contributed by atoms with Crippen LogP contribution >= 0.6 is 15.9 Å². The molecule has 82 valence electrons. The Labute approximate surface area is 101 Å². The molecule has 0 aliphatic rings. The highest BCUT2D eigenvalue weighted by Gasteiger charge is 2.01. The summed E-state index contributed by atoms with van der Waals surface area (Å²) in [5, 5.41) is 1.37. The van der Waals surface area contributed by atoms with Gasteiger partial charge in [-0.15, -0.1) is 0 Å². The number of halogens is 1. The number of H-pyrrole nitrogens is 1. The summed E-state index contributed by atoms with van der Waals surface area (Å²) >= 11 is 3.28. The average molecular weight is 279 g/mol. The molecule has 0 saturated heterocycles. The monoisotopic (exact) mass is 278 g/mol. The molecule has 0 saturated carbocycles. The van der Waals surface area contributed by atoms with Crippen LogP contribution in [0.5, 0.6) is 0 Å². The number of hydrogen-bond donors (Lipinski definition) is 1. The quantitative estimate of drug-likeness (QED) is 0.859. The van der Waals surface area contributed by atoms with Crippen LogP contribution in [0.3, 0.4) is 0 Å². The molecule has 3 nitrogen and oxygen atoms in total. The van der Waals surface area contributed by atoms with Crippen LogP contribution in [0.15, 0.2) is 29.1 Å². The van der Waals surface area contributed by atoms with E-state index in [2.05, 4.69) is 25.9 Å². The van der Waals surface area contributed by atoms with Crippen molar-refractivity contribution in [2.75, 3.05) is 5.33 Å². The molecular weight excluding hydrogens is 268 g/mol. The van der Waals surface area contributed by atoms with Crippen molar-refractivity contribution in [3.05, 3.63) is 46.0 Å². The van der Waals surface area contributed by atoms with Gasteiger partial charge in [-0.05, 0) is 25.1 Å². The van der Waals surface area contributed by atoms with Crippen molar-refractivity contribution < 1.29 is 0 Å². The summed E-state index contributed by atoms with van der Waals surface area (Å²) < 4.78 is 0. The normalized spacial score (nSPS) is 11.4. The zero-order chi connectivity index (χ0) is 11.5. The van der Waals surface area contributed by atoms with Gasteiger partial charge in [0.1, 0.15) is 5.82 Å². The van der Waals surface area contributed by atoms with E-state index in [0.717, 1.165) is 16.4 Å². The molecule has 2 aromatic rings. The van der Waals surface area contributed by atoms with Crippen LogP contribution in [-0.2, 0) is 0 Å². The zero-order valence-corrected chi connectivity index (χ0v) is 10.4. The van der Waals surface area contributed by atoms with Gasteiger partial charge in [0, 0.05) is 5.33 Å². The summed E-state index contributed by atoms with van der Waals surface area (Å²) in [4.78, 5) is 18.9. The lowest BCUT2D eigenvalue weighted by atomic mass is 10.2. The number of aromatic nitrogens is 2. The highest BCUT2D eigenvalue weighted by atomic mass is 79.9. The van der Waals surface area contributed by atoms with Crippen molar-refractivity contribution in [1.29, 1.82) is 0 Å². The van der Waals surface area contributed by atoms with Crippen molar-refractivity contribution in [2.24, 2.45) is 0 Å². The third-order valence-electron chi connectivity index (χ3n) is 2.24. The van der Waals surface area contributed by atoms with Gasteiger partial charge in [-0.3, -0.25) is 4.79 Å². The van der Waals surface area contributed by atoms with Crippen molar-refractivity contribution in [3.63, 3.8) is 0 Å². The minimum Gasteiger partial charge on any atom is -0.306 e. The fourth-order valence-corrected chi connectivity index (χ4v) is 1.69. The molecule has 0 unspecified atom stereocenters. The molecule has 2 rings (SSSR count). The van der Waals surface area contributed by atoms with Crippen LogP contribution in [-0.4, -0.2) is 15.3 Å². The number of alkyl halides is 1. The maximum absolute atomic E-state index is 11.8. The molecule has 0 fully saturated rings. The number of aromatic amines is 1. The van der Waals surface area contributed by atoms with Gasteiger partial charge in [0.25, 0.3) is 5.56 Å². The molecule has 0 radical (unpaired) electrons.